The fourth-order valence-electron chi connectivity index (χ4n) is 1.71. The van der Waals surface area contributed by atoms with E-state index < -0.39 is 16.0 Å². The lowest BCUT2D eigenvalue weighted by atomic mass is 10.2. The fourth-order valence-corrected chi connectivity index (χ4v) is 4.26. The maximum Gasteiger partial charge on any atom is 0.342 e. The minimum absolute atomic E-state index is 0.0705. The first-order chi connectivity index (χ1) is 9.85. The highest BCUT2D eigenvalue weighted by Gasteiger charge is 2.23. The number of carbonyl (C=O) groups is 1. The van der Waals surface area contributed by atoms with E-state index in [4.69, 9.17) is 16.3 Å². The first-order valence-corrected chi connectivity index (χ1v) is 8.66. The third-order valence-corrected chi connectivity index (χ3v) is 5.70. The van der Waals surface area contributed by atoms with Gasteiger partial charge in [-0.25, -0.2) is 13.2 Å². The molecule has 0 atom stereocenters. The van der Waals surface area contributed by atoms with Gasteiger partial charge in [-0.15, -0.1) is 11.3 Å². The highest BCUT2D eigenvalue weighted by molar-refractivity contribution is 7.94. The molecule has 2 aromatic heterocycles. The number of aromatic nitrogens is 1. The van der Waals surface area contributed by atoms with E-state index in [1.165, 1.54) is 18.3 Å². The highest BCUT2D eigenvalue weighted by atomic mass is 35.5. The number of anilines is 1. The van der Waals surface area contributed by atoms with E-state index in [1.807, 2.05) is 0 Å². The summed E-state index contributed by atoms with van der Waals surface area (Å²) in [6.45, 7) is 3.54. The lowest BCUT2D eigenvalue weighted by Gasteiger charge is -2.07. The number of rotatable bonds is 5. The van der Waals surface area contributed by atoms with Crippen molar-refractivity contribution in [2.24, 2.45) is 0 Å². The Morgan fingerprint density at radius 3 is 2.76 bits per heavy atom. The van der Waals surface area contributed by atoms with Crippen LogP contribution in [0.2, 0.25) is 4.34 Å². The van der Waals surface area contributed by atoms with Gasteiger partial charge in [-0.3, -0.25) is 4.72 Å². The van der Waals surface area contributed by atoms with Crippen LogP contribution in [-0.4, -0.2) is 26.0 Å². The first kappa shape index (κ1) is 15.9. The smallest absolute Gasteiger partial charge is 0.342 e. The van der Waals surface area contributed by atoms with E-state index in [9.17, 15) is 13.2 Å². The van der Waals surface area contributed by atoms with Crippen molar-refractivity contribution in [1.82, 2.24) is 4.98 Å². The Balaban J connectivity index is 2.34. The molecule has 0 aliphatic heterocycles. The van der Waals surface area contributed by atoms with Crippen LogP contribution in [0.15, 0.2) is 22.5 Å². The van der Waals surface area contributed by atoms with Crippen molar-refractivity contribution in [2.75, 3.05) is 11.3 Å². The van der Waals surface area contributed by atoms with Crippen LogP contribution in [0.25, 0.3) is 0 Å². The monoisotopic (exact) mass is 348 g/mol. The van der Waals surface area contributed by atoms with Gasteiger partial charge in [-0.05, 0) is 26.0 Å². The van der Waals surface area contributed by atoms with Crippen LogP contribution in [0.1, 0.15) is 23.0 Å². The summed E-state index contributed by atoms with van der Waals surface area (Å²) in [5.41, 5.74) is 0.842. The van der Waals surface area contributed by atoms with Gasteiger partial charge in [0, 0.05) is 11.9 Å². The molecular weight excluding hydrogens is 336 g/mol. The number of hydrogen-bond donors (Lipinski definition) is 2. The van der Waals surface area contributed by atoms with E-state index in [-0.39, 0.29) is 22.1 Å². The Bertz CT molecular complexity index is 764. The second kappa shape index (κ2) is 6.08. The maximum atomic E-state index is 12.2. The number of H-pyrrole nitrogens is 1. The van der Waals surface area contributed by atoms with E-state index in [2.05, 4.69) is 9.71 Å². The van der Waals surface area contributed by atoms with Gasteiger partial charge in [-0.1, -0.05) is 11.6 Å². The van der Waals surface area contributed by atoms with E-state index in [0.717, 1.165) is 11.3 Å². The Hall–Kier alpha value is -1.51. The van der Waals surface area contributed by atoms with E-state index in [0.29, 0.717) is 10.0 Å². The molecule has 0 aromatic carbocycles. The van der Waals surface area contributed by atoms with Crippen molar-refractivity contribution in [2.45, 2.75) is 18.1 Å². The molecule has 0 radical (unpaired) electrons. The molecule has 0 unspecified atom stereocenters. The first-order valence-electron chi connectivity index (χ1n) is 5.98. The number of halogens is 1. The molecule has 0 saturated carbocycles. The predicted molar refractivity (Wildman–Crippen MR) is 81.6 cm³/mol. The molecule has 21 heavy (non-hydrogen) atoms. The van der Waals surface area contributed by atoms with Crippen molar-refractivity contribution in [3.63, 3.8) is 0 Å². The molecule has 2 aromatic rings. The largest absolute Gasteiger partial charge is 0.462 e. The van der Waals surface area contributed by atoms with Gasteiger partial charge in [0.1, 0.15) is 9.77 Å². The number of ether oxygens (including phenoxy) is 1. The average Bonchev–Trinajstić information content (AvgIpc) is 2.97. The minimum Gasteiger partial charge on any atom is -0.462 e. The molecular formula is C12H13ClN2O4S2. The number of sulfonamides is 1. The van der Waals surface area contributed by atoms with E-state index in [1.54, 1.807) is 13.8 Å². The molecule has 2 N–H and O–H groups in total. The van der Waals surface area contributed by atoms with Crippen LogP contribution in [0.5, 0.6) is 0 Å². The van der Waals surface area contributed by atoms with Crippen LogP contribution in [0, 0.1) is 6.92 Å². The molecule has 0 saturated heterocycles. The number of hydrogen-bond acceptors (Lipinski definition) is 5. The zero-order chi connectivity index (χ0) is 15.6. The average molecular weight is 349 g/mol. The van der Waals surface area contributed by atoms with Crippen LogP contribution >= 0.6 is 22.9 Å². The second-order valence-electron chi connectivity index (χ2n) is 4.09. The van der Waals surface area contributed by atoms with Crippen molar-refractivity contribution in [3.05, 3.63) is 33.9 Å². The molecule has 9 heteroatoms. The summed E-state index contributed by atoms with van der Waals surface area (Å²) in [7, 11) is -3.79. The minimum atomic E-state index is -3.79. The van der Waals surface area contributed by atoms with Gasteiger partial charge >= 0.3 is 5.97 Å². The zero-order valence-corrected chi connectivity index (χ0v) is 13.7. The molecule has 0 amide bonds. The SMILES string of the molecule is CCOC(=O)c1c(NS(=O)(=O)c2ccc(Cl)s2)c[nH]c1C. The second-order valence-corrected chi connectivity index (χ2v) is 7.71. The normalized spacial score (nSPS) is 11.4. The molecule has 114 valence electrons. The number of thiophene rings is 1. The molecule has 2 heterocycles. The summed E-state index contributed by atoms with van der Waals surface area (Å²) in [5.74, 6) is -0.585. The standard InChI is InChI=1S/C12H13ClN2O4S2/c1-3-19-12(16)11-7(2)14-6-8(11)15-21(17,18)10-5-4-9(13)20-10/h4-6,14-15H,3H2,1-2H3. The Labute approximate surface area is 131 Å². The summed E-state index contributed by atoms with van der Waals surface area (Å²) in [6.07, 6.45) is 1.41. The number of nitrogens with one attached hydrogen (secondary N) is 2. The van der Waals surface area contributed by atoms with Gasteiger partial charge in [-0.2, -0.15) is 0 Å². The lowest BCUT2D eigenvalue weighted by molar-refractivity contribution is 0.0527. The molecule has 0 aliphatic rings. The summed E-state index contributed by atoms with van der Waals surface area (Å²) in [6, 6.07) is 2.90. The van der Waals surface area contributed by atoms with Gasteiger partial charge < -0.3 is 9.72 Å². The van der Waals surface area contributed by atoms with Crippen LogP contribution in [0.4, 0.5) is 5.69 Å². The van der Waals surface area contributed by atoms with E-state index >= 15 is 0 Å². The van der Waals surface area contributed by atoms with Gasteiger partial charge in [0.2, 0.25) is 0 Å². The van der Waals surface area contributed by atoms with Crippen molar-refractivity contribution < 1.29 is 17.9 Å². The maximum absolute atomic E-state index is 12.2. The summed E-state index contributed by atoms with van der Waals surface area (Å²) < 4.78 is 32.2. The third kappa shape index (κ3) is 3.39. The van der Waals surface area contributed by atoms with Crippen LogP contribution < -0.4 is 4.72 Å². The molecule has 0 spiro atoms. The molecule has 0 fully saturated rings. The van der Waals surface area contributed by atoms with Crippen LogP contribution in [-0.2, 0) is 14.8 Å². The molecule has 2 rings (SSSR count). The fraction of sp³-hybridized carbons (Fsp3) is 0.250. The Morgan fingerprint density at radius 2 is 2.19 bits per heavy atom. The third-order valence-electron chi connectivity index (χ3n) is 2.61. The molecule has 6 nitrogen and oxygen atoms in total. The Morgan fingerprint density at radius 1 is 1.48 bits per heavy atom. The number of aromatic amines is 1. The topological polar surface area (TPSA) is 88.3 Å². The highest BCUT2D eigenvalue weighted by Crippen LogP contribution is 2.29. The van der Waals surface area contributed by atoms with Crippen molar-refractivity contribution in [1.29, 1.82) is 0 Å². The zero-order valence-electron chi connectivity index (χ0n) is 11.3. The van der Waals surface area contributed by atoms with Crippen molar-refractivity contribution in [3.8, 4) is 0 Å². The van der Waals surface area contributed by atoms with Gasteiger partial charge in [0.25, 0.3) is 10.0 Å². The lowest BCUT2D eigenvalue weighted by Crippen LogP contribution is -2.15. The number of esters is 1. The number of carbonyl (C=O) groups excluding carboxylic acids is 1. The van der Waals surface area contributed by atoms with Crippen LogP contribution in [0.3, 0.4) is 0 Å². The van der Waals surface area contributed by atoms with Gasteiger partial charge in [0.05, 0.1) is 16.6 Å². The van der Waals surface area contributed by atoms with Gasteiger partial charge in [0.15, 0.2) is 0 Å². The summed E-state index contributed by atoms with van der Waals surface area (Å²) in [4.78, 5) is 14.7. The van der Waals surface area contributed by atoms with Crippen molar-refractivity contribution >= 4 is 44.6 Å². The summed E-state index contributed by atoms with van der Waals surface area (Å²) in [5, 5.41) is 0. The predicted octanol–water partition coefficient (Wildman–Crippen LogP) is 3.02. The molecule has 0 bridgehead atoms. The Kier molecular flexibility index (Phi) is 4.60. The quantitative estimate of drug-likeness (QED) is 0.813. The summed E-state index contributed by atoms with van der Waals surface area (Å²) >= 11 is 6.68. The number of aryl methyl sites for hydroxylation is 1. The molecule has 0 aliphatic carbocycles.